The standard InChI is InChI=1S/C22H20N4O/c1-25-22(27)20-11-15-9-10-16(21(23)24)12-19(15)26(20)13-17-7-4-6-14-5-2-3-8-18(14)17/h2-12H,13H2,1H3,(H3,23,24)(H,25,27). The van der Waals surface area contributed by atoms with Gasteiger partial charge in [0.1, 0.15) is 11.5 Å². The minimum absolute atomic E-state index is 0.0105. The van der Waals surface area contributed by atoms with Crippen molar-refractivity contribution in [2.45, 2.75) is 6.54 Å². The van der Waals surface area contributed by atoms with E-state index in [1.807, 2.05) is 41.0 Å². The van der Waals surface area contributed by atoms with Crippen molar-refractivity contribution in [3.63, 3.8) is 0 Å². The predicted octanol–water partition coefficient (Wildman–Crippen LogP) is 3.49. The van der Waals surface area contributed by atoms with Gasteiger partial charge in [0.25, 0.3) is 5.91 Å². The molecular formula is C22H20N4O. The normalized spacial score (nSPS) is 11.0. The maximum absolute atomic E-state index is 12.5. The fraction of sp³-hybridized carbons (Fsp3) is 0.0909. The number of carbonyl (C=O) groups is 1. The van der Waals surface area contributed by atoms with E-state index in [9.17, 15) is 4.79 Å². The highest BCUT2D eigenvalue weighted by Crippen LogP contribution is 2.26. The zero-order valence-electron chi connectivity index (χ0n) is 15.0. The molecule has 134 valence electrons. The summed E-state index contributed by atoms with van der Waals surface area (Å²) in [6, 6.07) is 21.9. The molecular weight excluding hydrogens is 336 g/mol. The van der Waals surface area contributed by atoms with Crippen LogP contribution >= 0.6 is 0 Å². The van der Waals surface area contributed by atoms with Gasteiger partial charge in [-0.15, -0.1) is 0 Å². The molecule has 4 rings (SSSR count). The molecule has 0 radical (unpaired) electrons. The molecule has 4 aromatic rings. The molecule has 0 atom stereocenters. The van der Waals surface area contributed by atoms with E-state index in [2.05, 4.69) is 29.6 Å². The number of amides is 1. The molecule has 0 aliphatic heterocycles. The summed E-state index contributed by atoms with van der Waals surface area (Å²) >= 11 is 0. The summed E-state index contributed by atoms with van der Waals surface area (Å²) in [4.78, 5) is 12.5. The summed E-state index contributed by atoms with van der Waals surface area (Å²) < 4.78 is 1.99. The first-order valence-corrected chi connectivity index (χ1v) is 8.75. The summed E-state index contributed by atoms with van der Waals surface area (Å²) in [7, 11) is 1.63. The molecule has 1 amide bonds. The molecule has 5 nitrogen and oxygen atoms in total. The first kappa shape index (κ1) is 16.8. The van der Waals surface area contributed by atoms with Crippen LogP contribution in [0.5, 0.6) is 0 Å². The van der Waals surface area contributed by atoms with Gasteiger partial charge in [0.15, 0.2) is 0 Å². The van der Waals surface area contributed by atoms with Gasteiger partial charge < -0.3 is 15.6 Å². The fourth-order valence-electron chi connectivity index (χ4n) is 3.51. The average molecular weight is 356 g/mol. The molecule has 4 N–H and O–H groups in total. The Morgan fingerprint density at radius 3 is 2.59 bits per heavy atom. The van der Waals surface area contributed by atoms with Crippen LogP contribution in [0.1, 0.15) is 21.6 Å². The van der Waals surface area contributed by atoms with Gasteiger partial charge in [-0.2, -0.15) is 0 Å². The third-order valence-corrected chi connectivity index (χ3v) is 4.88. The van der Waals surface area contributed by atoms with E-state index in [4.69, 9.17) is 11.1 Å². The van der Waals surface area contributed by atoms with Crippen molar-refractivity contribution in [1.29, 1.82) is 5.41 Å². The number of nitrogens with two attached hydrogens (primary N) is 1. The molecule has 0 spiro atoms. The van der Waals surface area contributed by atoms with Crippen molar-refractivity contribution in [2.75, 3.05) is 7.05 Å². The Morgan fingerprint density at radius 1 is 1.04 bits per heavy atom. The smallest absolute Gasteiger partial charge is 0.267 e. The zero-order chi connectivity index (χ0) is 19.0. The number of hydrogen-bond acceptors (Lipinski definition) is 2. The van der Waals surface area contributed by atoms with Crippen molar-refractivity contribution >= 4 is 33.4 Å². The highest BCUT2D eigenvalue weighted by atomic mass is 16.1. The molecule has 1 aromatic heterocycles. The van der Waals surface area contributed by atoms with Crippen molar-refractivity contribution in [1.82, 2.24) is 9.88 Å². The lowest BCUT2D eigenvalue weighted by molar-refractivity contribution is 0.0955. The number of aromatic nitrogens is 1. The lowest BCUT2D eigenvalue weighted by Crippen LogP contribution is -2.22. The average Bonchev–Trinajstić information content (AvgIpc) is 3.05. The number of nitrogens with zero attached hydrogens (tertiary/aromatic N) is 1. The third-order valence-electron chi connectivity index (χ3n) is 4.88. The highest BCUT2D eigenvalue weighted by molar-refractivity contribution is 6.02. The monoisotopic (exact) mass is 356 g/mol. The van der Waals surface area contributed by atoms with Crippen LogP contribution in [0.15, 0.2) is 66.7 Å². The van der Waals surface area contributed by atoms with E-state index in [1.165, 1.54) is 0 Å². The summed E-state index contributed by atoms with van der Waals surface area (Å²) in [6.45, 7) is 0.551. The molecule has 0 unspecified atom stereocenters. The molecule has 0 saturated carbocycles. The van der Waals surface area contributed by atoms with Gasteiger partial charge in [0, 0.05) is 30.1 Å². The molecule has 0 bridgehead atoms. The second-order valence-corrected chi connectivity index (χ2v) is 6.52. The van der Waals surface area contributed by atoms with Crippen LogP contribution in [0.3, 0.4) is 0 Å². The van der Waals surface area contributed by atoms with Crippen molar-refractivity contribution in [3.8, 4) is 0 Å². The Morgan fingerprint density at radius 2 is 1.81 bits per heavy atom. The summed E-state index contributed by atoms with van der Waals surface area (Å²) in [6.07, 6.45) is 0. The van der Waals surface area contributed by atoms with Gasteiger partial charge in [-0.25, -0.2) is 0 Å². The van der Waals surface area contributed by atoms with Crippen molar-refractivity contribution < 1.29 is 4.79 Å². The molecule has 0 aliphatic rings. The van der Waals surface area contributed by atoms with Crippen LogP contribution in [-0.2, 0) is 6.54 Å². The minimum atomic E-state index is -0.143. The molecule has 0 saturated heterocycles. The number of amidine groups is 1. The summed E-state index contributed by atoms with van der Waals surface area (Å²) in [5.41, 5.74) is 8.91. The Hall–Kier alpha value is -3.60. The summed E-state index contributed by atoms with van der Waals surface area (Å²) in [5.74, 6) is -0.132. The molecule has 0 aliphatic carbocycles. The van der Waals surface area contributed by atoms with E-state index in [-0.39, 0.29) is 11.7 Å². The van der Waals surface area contributed by atoms with Gasteiger partial charge in [0.05, 0.1) is 0 Å². The molecule has 0 fully saturated rings. The topological polar surface area (TPSA) is 83.9 Å². The third kappa shape index (κ3) is 2.93. The number of nitrogen functional groups attached to an aromatic ring is 1. The van der Waals surface area contributed by atoms with E-state index in [0.717, 1.165) is 27.2 Å². The molecule has 1 heterocycles. The Kier molecular flexibility index (Phi) is 4.12. The van der Waals surface area contributed by atoms with Gasteiger partial charge in [-0.1, -0.05) is 54.6 Å². The van der Waals surface area contributed by atoms with E-state index >= 15 is 0 Å². The van der Waals surface area contributed by atoms with E-state index in [1.54, 1.807) is 13.1 Å². The van der Waals surface area contributed by atoms with Crippen LogP contribution in [0.25, 0.3) is 21.7 Å². The minimum Gasteiger partial charge on any atom is -0.384 e. The SMILES string of the molecule is CNC(=O)c1cc2ccc(C(=N)N)cc2n1Cc1cccc2ccccc12. The van der Waals surface area contributed by atoms with Gasteiger partial charge in [-0.3, -0.25) is 10.2 Å². The van der Waals surface area contributed by atoms with Gasteiger partial charge >= 0.3 is 0 Å². The maximum Gasteiger partial charge on any atom is 0.267 e. The Balaban J connectivity index is 1.94. The maximum atomic E-state index is 12.5. The second-order valence-electron chi connectivity index (χ2n) is 6.52. The lowest BCUT2D eigenvalue weighted by atomic mass is 10.0. The number of fused-ring (bicyclic) bond motifs is 2. The van der Waals surface area contributed by atoms with Gasteiger partial charge in [-0.05, 0) is 28.5 Å². The van der Waals surface area contributed by atoms with E-state index in [0.29, 0.717) is 17.8 Å². The molecule has 3 aromatic carbocycles. The highest BCUT2D eigenvalue weighted by Gasteiger charge is 2.16. The first-order valence-electron chi connectivity index (χ1n) is 8.75. The zero-order valence-corrected chi connectivity index (χ0v) is 15.0. The predicted molar refractivity (Wildman–Crippen MR) is 109 cm³/mol. The number of rotatable bonds is 4. The molecule has 27 heavy (non-hydrogen) atoms. The number of hydrogen-bond donors (Lipinski definition) is 3. The van der Waals surface area contributed by atoms with Gasteiger partial charge in [0.2, 0.25) is 0 Å². The number of nitrogens with one attached hydrogen (secondary N) is 2. The van der Waals surface area contributed by atoms with Crippen LogP contribution in [0.2, 0.25) is 0 Å². The Labute approximate surface area is 156 Å². The number of carbonyl (C=O) groups excluding carboxylic acids is 1. The number of benzene rings is 3. The van der Waals surface area contributed by atoms with Crippen LogP contribution in [0, 0.1) is 5.41 Å². The first-order chi connectivity index (χ1) is 13.1. The van der Waals surface area contributed by atoms with E-state index < -0.39 is 0 Å². The second kappa shape index (κ2) is 6.61. The van der Waals surface area contributed by atoms with Crippen LogP contribution in [-0.4, -0.2) is 23.4 Å². The fourth-order valence-corrected chi connectivity index (χ4v) is 3.51. The van der Waals surface area contributed by atoms with Crippen molar-refractivity contribution in [3.05, 3.63) is 83.6 Å². The lowest BCUT2D eigenvalue weighted by Gasteiger charge is -2.13. The van der Waals surface area contributed by atoms with Crippen molar-refractivity contribution in [2.24, 2.45) is 5.73 Å². The largest absolute Gasteiger partial charge is 0.384 e. The quantitative estimate of drug-likeness (QED) is 0.386. The van der Waals surface area contributed by atoms with Crippen LogP contribution < -0.4 is 11.1 Å². The Bertz CT molecular complexity index is 1180. The molecule has 5 heteroatoms. The summed E-state index contributed by atoms with van der Waals surface area (Å²) in [5, 5.41) is 13.7. The van der Waals surface area contributed by atoms with Crippen LogP contribution in [0.4, 0.5) is 0 Å².